The zero-order valence-corrected chi connectivity index (χ0v) is 14.6. The molecule has 3 rings (SSSR count). The van der Waals surface area contributed by atoms with Crippen molar-refractivity contribution < 1.29 is 0 Å². The summed E-state index contributed by atoms with van der Waals surface area (Å²) in [6.45, 7) is 6.30. The molecule has 0 unspecified atom stereocenters. The van der Waals surface area contributed by atoms with E-state index in [2.05, 4.69) is 69.3 Å². The molecule has 1 heterocycles. The molecule has 2 nitrogen and oxygen atoms in total. The molecule has 0 atom stereocenters. The second kappa shape index (κ2) is 6.59. The first-order valence-electron chi connectivity index (χ1n) is 7.88. The van der Waals surface area contributed by atoms with Gasteiger partial charge in [0.25, 0.3) is 0 Å². The average Bonchev–Trinajstić information content (AvgIpc) is 2.84. The Hall–Kier alpha value is -2.06. The van der Waals surface area contributed by atoms with Gasteiger partial charge in [-0.3, -0.25) is 0 Å². The molecule has 0 saturated heterocycles. The third kappa shape index (κ3) is 3.18. The van der Waals surface area contributed by atoms with Crippen LogP contribution in [0, 0.1) is 20.8 Å². The topological polar surface area (TPSA) is 17.8 Å². The van der Waals surface area contributed by atoms with Crippen molar-refractivity contribution in [2.75, 3.05) is 5.88 Å². The lowest BCUT2D eigenvalue weighted by molar-refractivity contribution is 0.833. The fraction of sp³-hybridized carbons (Fsp3) is 0.250. The van der Waals surface area contributed by atoms with Crippen molar-refractivity contribution in [1.82, 2.24) is 9.78 Å². The van der Waals surface area contributed by atoms with Gasteiger partial charge < -0.3 is 0 Å². The van der Waals surface area contributed by atoms with Crippen LogP contribution in [0.3, 0.4) is 0 Å². The number of hydrogen-bond donors (Lipinski definition) is 0. The number of halogens is 1. The Kier molecular flexibility index (Phi) is 4.53. The molecule has 0 aliphatic rings. The molecule has 0 fully saturated rings. The first kappa shape index (κ1) is 15.8. The third-order valence-corrected chi connectivity index (χ3v) is 4.38. The van der Waals surface area contributed by atoms with Crippen LogP contribution in [-0.2, 0) is 6.42 Å². The van der Waals surface area contributed by atoms with Crippen LogP contribution in [0.15, 0.2) is 48.5 Å². The summed E-state index contributed by atoms with van der Waals surface area (Å²) in [6.07, 6.45) is 0.896. The Morgan fingerprint density at radius 3 is 2.17 bits per heavy atom. The van der Waals surface area contributed by atoms with Crippen LogP contribution >= 0.6 is 11.6 Å². The maximum atomic E-state index is 5.80. The number of hydrogen-bond acceptors (Lipinski definition) is 1. The van der Waals surface area contributed by atoms with Gasteiger partial charge >= 0.3 is 0 Å². The van der Waals surface area contributed by atoms with Crippen molar-refractivity contribution in [2.45, 2.75) is 27.2 Å². The Labute approximate surface area is 142 Å². The van der Waals surface area contributed by atoms with Gasteiger partial charge in [0.2, 0.25) is 0 Å². The molecular formula is C20H21ClN2. The lowest BCUT2D eigenvalue weighted by Crippen LogP contribution is -1.99. The van der Waals surface area contributed by atoms with Gasteiger partial charge in [-0.1, -0.05) is 42.0 Å². The Morgan fingerprint density at radius 1 is 0.913 bits per heavy atom. The molecule has 0 aliphatic carbocycles. The normalized spacial score (nSPS) is 11.0. The molecule has 0 radical (unpaired) electrons. The fourth-order valence-corrected chi connectivity index (χ4v) is 3.16. The molecule has 3 heteroatoms. The third-order valence-electron chi connectivity index (χ3n) is 4.20. The van der Waals surface area contributed by atoms with E-state index in [9.17, 15) is 0 Å². The molecule has 0 amide bonds. The summed E-state index contributed by atoms with van der Waals surface area (Å²) in [5.41, 5.74) is 8.26. The second-order valence-corrected chi connectivity index (χ2v) is 6.31. The highest BCUT2D eigenvalue weighted by molar-refractivity contribution is 6.17. The smallest absolute Gasteiger partial charge is 0.0679 e. The van der Waals surface area contributed by atoms with Gasteiger partial charge in [0.15, 0.2) is 0 Å². The highest BCUT2D eigenvalue weighted by Gasteiger charge is 2.14. The zero-order chi connectivity index (χ0) is 16.4. The molecule has 118 valence electrons. The molecule has 1 aromatic heterocycles. The summed E-state index contributed by atoms with van der Waals surface area (Å²) in [5.74, 6) is 0.650. The van der Waals surface area contributed by atoms with Crippen molar-refractivity contribution in [3.8, 4) is 16.8 Å². The van der Waals surface area contributed by atoms with Crippen molar-refractivity contribution >= 4 is 11.6 Å². The first-order chi connectivity index (χ1) is 11.1. The number of rotatable bonds is 4. The van der Waals surface area contributed by atoms with Gasteiger partial charge in [-0.25, -0.2) is 4.68 Å². The maximum Gasteiger partial charge on any atom is 0.0679 e. The fourth-order valence-electron chi connectivity index (χ4n) is 2.95. The van der Waals surface area contributed by atoms with Crippen LogP contribution in [0.5, 0.6) is 0 Å². The Balaban J connectivity index is 2.01. The van der Waals surface area contributed by atoms with Gasteiger partial charge in [-0.15, -0.1) is 11.6 Å². The Bertz CT molecular complexity index is 799. The number of nitrogens with zero attached hydrogens (tertiary/aromatic N) is 2. The largest absolute Gasteiger partial charge is 0.237 e. The second-order valence-electron chi connectivity index (χ2n) is 5.93. The van der Waals surface area contributed by atoms with E-state index in [1.165, 1.54) is 22.3 Å². The predicted octanol–water partition coefficient (Wildman–Crippen LogP) is 5.25. The van der Waals surface area contributed by atoms with E-state index in [1.807, 2.05) is 4.68 Å². The summed E-state index contributed by atoms with van der Waals surface area (Å²) >= 11 is 5.80. The molecule has 0 spiro atoms. The first-order valence-corrected chi connectivity index (χ1v) is 8.42. The van der Waals surface area contributed by atoms with E-state index in [0.29, 0.717) is 5.88 Å². The summed E-state index contributed by atoms with van der Waals surface area (Å²) in [5, 5.41) is 4.75. The van der Waals surface area contributed by atoms with Gasteiger partial charge in [0, 0.05) is 17.1 Å². The van der Waals surface area contributed by atoms with Gasteiger partial charge in [-0.2, -0.15) is 5.10 Å². The van der Waals surface area contributed by atoms with Crippen LogP contribution in [0.4, 0.5) is 0 Å². The number of benzene rings is 2. The lowest BCUT2D eigenvalue weighted by Gasteiger charge is -2.07. The number of aromatic nitrogens is 2. The molecule has 3 aromatic rings. The van der Waals surface area contributed by atoms with Crippen LogP contribution in [0.25, 0.3) is 16.8 Å². The van der Waals surface area contributed by atoms with Crippen LogP contribution in [-0.4, -0.2) is 15.7 Å². The summed E-state index contributed by atoms with van der Waals surface area (Å²) in [7, 11) is 0. The quantitative estimate of drug-likeness (QED) is 0.600. The van der Waals surface area contributed by atoms with E-state index in [-0.39, 0.29) is 0 Å². The predicted molar refractivity (Wildman–Crippen MR) is 97.6 cm³/mol. The molecule has 0 bridgehead atoms. The average molecular weight is 325 g/mol. The lowest BCUT2D eigenvalue weighted by atomic mass is 10.0. The molecule has 2 aromatic carbocycles. The van der Waals surface area contributed by atoms with Crippen LogP contribution in [0.2, 0.25) is 0 Å². The highest BCUT2D eigenvalue weighted by atomic mass is 35.5. The number of alkyl halides is 1. The zero-order valence-electron chi connectivity index (χ0n) is 13.8. The highest BCUT2D eigenvalue weighted by Crippen LogP contribution is 2.29. The minimum absolute atomic E-state index is 0.650. The molecular weight excluding hydrogens is 304 g/mol. The van der Waals surface area contributed by atoms with Crippen molar-refractivity contribution in [3.63, 3.8) is 0 Å². The molecule has 0 saturated carbocycles. The summed E-state index contributed by atoms with van der Waals surface area (Å²) < 4.78 is 2.02. The van der Waals surface area contributed by atoms with Crippen molar-refractivity contribution in [2.24, 2.45) is 0 Å². The van der Waals surface area contributed by atoms with E-state index in [1.54, 1.807) is 0 Å². The van der Waals surface area contributed by atoms with Crippen molar-refractivity contribution in [3.05, 3.63) is 71.0 Å². The van der Waals surface area contributed by atoms with E-state index in [4.69, 9.17) is 16.7 Å². The van der Waals surface area contributed by atoms with Crippen LogP contribution in [0.1, 0.15) is 22.5 Å². The van der Waals surface area contributed by atoms with Gasteiger partial charge in [-0.05, 0) is 50.5 Å². The van der Waals surface area contributed by atoms with Crippen molar-refractivity contribution in [1.29, 1.82) is 0 Å². The summed E-state index contributed by atoms with van der Waals surface area (Å²) in [4.78, 5) is 0. The van der Waals surface area contributed by atoms with Crippen LogP contribution < -0.4 is 0 Å². The molecule has 23 heavy (non-hydrogen) atoms. The summed E-state index contributed by atoms with van der Waals surface area (Å²) in [6, 6.07) is 17.1. The molecule has 0 aliphatic heterocycles. The Morgan fingerprint density at radius 2 is 1.57 bits per heavy atom. The van der Waals surface area contributed by atoms with Gasteiger partial charge in [0.1, 0.15) is 0 Å². The van der Waals surface area contributed by atoms with E-state index in [0.717, 1.165) is 23.5 Å². The molecule has 0 N–H and O–H groups in total. The minimum Gasteiger partial charge on any atom is -0.237 e. The maximum absolute atomic E-state index is 5.80. The van der Waals surface area contributed by atoms with E-state index >= 15 is 0 Å². The van der Waals surface area contributed by atoms with E-state index < -0.39 is 0 Å². The minimum atomic E-state index is 0.650. The van der Waals surface area contributed by atoms with Gasteiger partial charge in [0.05, 0.1) is 11.4 Å². The standard InChI is InChI=1S/C20H21ClN2/c1-14-4-8-18(9-5-14)20-15(2)22-23(16(20)3)19-10-6-17(7-11-19)12-13-21/h4-11H,12-13H2,1-3H3. The monoisotopic (exact) mass is 324 g/mol. The number of aryl methyl sites for hydroxylation is 3. The SMILES string of the molecule is Cc1ccc(-c2c(C)nn(-c3ccc(CCCl)cc3)c2C)cc1.